The molecule has 3 rings (SSSR count). The number of primary amides is 1. The highest BCUT2D eigenvalue weighted by atomic mass is 16.4. The summed E-state index contributed by atoms with van der Waals surface area (Å²) in [6, 6.07) is 8.69. The lowest BCUT2D eigenvalue weighted by molar-refractivity contribution is -0.142. The molecule has 10 N–H and O–H groups in total. The third-order valence-corrected chi connectivity index (χ3v) is 7.09. The summed E-state index contributed by atoms with van der Waals surface area (Å²) in [6.07, 6.45) is 1.63. The van der Waals surface area contributed by atoms with Crippen LogP contribution in [0.25, 0.3) is 10.9 Å². The number of carbonyl (C=O) groups excluding carboxylic acids is 4. The molecule has 0 saturated carbocycles. The lowest BCUT2D eigenvalue weighted by Crippen LogP contribution is -2.58. The number of carboxylic acid groups (broad SMARTS) is 1. The Hall–Kier alpha value is -4.91. The van der Waals surface area contributed by atoms with Gasteiger partial charge < -0.3 is 42.6 Å². The zero-order valence-electron chi connectivity index (χ0n) is 24.7. The fourth-order valence-corrected chi connectivity index (χ4v) is 4.78. The van der Waals surface area contributed by atoms with Gasteiger partial charge in [-0.25, -0.2) is 4.79 Å². The highest BCUT2D eigenvalue weighted by Gasteiger charge is 2.31. The SMILES string of the molecule is CC(C)CC(NC(=O)C(Cc1ccc(O)cc1)NC(=O)C(CCC(N)=O)NC(=O)C(N)Cc1c[nH]c2ccccc12)C(=O)O. The van der Waals surface area contributed by atoms with Crippen molar-refractivity contribution in [2.45, 2.75) is 70.1 Å². The number of aliphatic carboxylic acids is 1. The minimum absolute atomic E-state index is 0.000125. The second-order valence-electron chi connectivity index (χ2n) is 11.2. The highest BCUT2D eigenvalue weighted by molar-refractivity contribution is 5.95. The van der Waals surface area contributed by atoms with Crippen LogP contribution in [0.2, 0.25) is 0 Å². The van der Waals surface area contributed by atoms with Crippen molar-refractivity contribution in [1.29, 1.82) is 0 Å². The third kappa shape index (κ3) is 9.83. The Morgan fingerprint density at radius 1 is 0.841 bits per heavy atom. The van der Waals surface area contributed by atoms with Crippen molar-refractivity contribution >= 4 is 40.5 Å². The fourth-order valence-electron chi connectivity index (χ4n) is 4.78. The molecule has 1 heterocycles. The van der Waals surface area contributed by atoms with Crippen molar-refractivity contribution in [1.82, 2.24) is 20.9 Å². The van der Waals surface area contributed by atoms with Crippen LogP contribution in [0.5, 0.6) is 5.75 Å². The molecule has 0 fully saturated rings. The van der Waals surface area contributed by atoms with Crippen molar-refractivity contribution in [2.75, 3.05) is 0 Å². The van der Waals surface area contributed by atoms with Gasteiger partial charge in [-0.15, -0.1) is 0 Å². The molecule has 4 atom stereocenters. The van der Waals surface area contributed by atoms with Gasteiger partial charge in [0.25, 0.3) is 0 Å². The van der Waals surface area contributed by atoms with E-state index >= 15 is 0 Å². The van der Waals surface area contributed by atoms with Crippen LogP contribution >= 0.6 is 0 Å². The van der Waals surface area contributed by atoms with Crippen LogP contribution in [0.4, 0.5) is 0 Å². The monoisotopic (exact) mass is 608 g/mol. The van der Waals surface area contributed by atoms with Gasteiger partial charge in [0.1, 0.15) is 23.9 Å². The van der Waals surface area contributed by atoms with Crippen LogP contribution in [0.1, 0.15) is 44.2 Å². The van der Waals surface area contributed by atoms with Crippen LogP contribution in [-0.2, 0) is 36.8 Å². The summed E-state index contributed by atoms with van der Waals surface area (Å²) >= 11 is 0. The number of phenolic OH excluding ortho intramolecular Hbond substituents is 1. The summed E-state index contributed by atoms with van der Waals surface area (Å²) in [6.45, 7) is 3.63. The number of hydrogen-bond donors (Lipinski definition) is 8. The number of aromatic nitrogens is 1. The van der Waals surface area contributed by atoms with Crippen molar-refractivity contribution in [3.05, 3.63) is 65.9 Å². The zero-order valence-corrected chi connectivity index (χ0v) is 24.7. The molecule has 13 nitrogen and oxygen atoms in total. The lowest BCUT2D eigenvalue weighted by atomic mass is 10.0. The van der Waals surface area contributed by atoms with Gasteiger partial charge in [-0.05, 0) is 54.5 Å². The van der Waals surface area contributed by atoms with E-state index in [9.17, 15) is 34.2 Å². The first-order valence-electron chi connectivity index (χ1n) is 14.3. The minimum Gasteiger partial charge on any atom is -0.508 e. The molecular formula is C31H40N6O7. The van der Waals surface area contributed by atoms with Gasteiger partial charge in [-0.1, -0.05) is 44.2 Å². The van der Waals surface area contributed by atoms with Crippen molar-refractivity contribution in [3.8, 4) is 5.75 Å². The molecule has 13 heteroatoms. The van der Waals surface area contributed by atoms with Crippen molar-refractivity contribution < 1.29 is 34.2 Å². The number of fused-ring (bicyclic) bond motifs is 1. The molecule has 0 aliphatic rings. The second-order valence-corrected chi connectivity index (χ2v) is 11.2. The Balaban J connectivity index is 1.79. The van der Waals surface area contributed by atoms with E-state index in [0.717, 1.165) is 16.5 Å². The molecule has 0 spiro atoms. The molecule has 0 bridgehead atoms. The predicted molar refractivity (Wildman–Crippen MR) is 163 cm³/mol. The van der Waals surface area contributed by atoms with Gasteiger partial charge in [-0.2, -0.15) is 0 Å². The molecule has 4 unspecified atom stereocenters. The summed E-state index contributed by atoms with van der Waals surface area (Å²) < 4.78 is 0. The number of aromatic hydroxyl groups is 1. The summed E-state index contributed by atoms with van der Waals surface area (Å²) in [5, 5.41) is 27.8. The molecule has 0 aliphatic carbocycles. The Bertz CT molecular complexity index is 1470. The molecule has 0 aliphatic heterocycles. The number of rotatable bonds is 16. The van der Waals surface area contributed by atoms with Gasteiger partial charge in [0, 0.05) is 29.9 Å². The maximum atomic E-state index is 13.5. The number of para-hydroxylation sites is 1. The van der Waals surface area contributed by atoms with Crippen LogP contribution in [0.3, 0.4) is 0 Å². The Labute approximate surface area is 254 Å². The maximum Gasteiger partial charge on any atom is 0.326 e. The zero-order chi connectivity index (χ0) is 32.4. The Morgan fingerprint density at radius 2 is 1.45 bits per heavy atom. The average molecular weight is 609 g/mol. The van der Waals surface area contributed by atoms with E-state index in [1.165, 1.54) is 12.1 Å². The third-order valence-electron chi connectivity index (χ3n) is 7.09. The summed E-state index contributed by atoms with van der Waals surface area (Å²) in [5.74, 6) is -4.15. The fraction of sp³-hybridized carbons (Fsp3) is 0.387. The van der Waals surface area contributed by atoms with Gasteiger partial charge in [-0.3, -0.25) is 19.2 Å². The van der Waals surface area contributed by atoms with E-state index in [1.807, 2.05) is 38.1 Å². The van der Waals surface area contributed by atoms with E-state index < -0.39 is 53.8 Å². The van der Waals surface area contributed by atoms with Crippen LogP contribution < -0.4 is 27.4 Å². The highest BCUT2D eigenvalue weighted by Crippen LogP contribution is 2.19. The van der Waals surface area contributed by atoms with E-state index in [1.54, 1.807) is 18.3 Å². The number of benzene rings is 2. The van der Waals surface area contributed by atoms with Gasteiger partial charge in [0.2, 0.25) is 23.6 Å². The molecule has 0 saturated heterocycles. The minimum atomic E-state index is -1.27. The molecule has 4 amide bonds. The first-order valence-corrected chi connectivity index (χ1v) is 14.3. The molecule has 2 aromatic carbocycles. The Morgan fingerprint density at radius 3 is 2.09 bits per heavy atom. The van der Waals surface area contributed by atoms with Crippen LogP contribution in [0, 0.1) is 5.92 Å². The normalized spacial score (nSPS) is 13.9. The number of nitrogens with two attached hydrogens (primary N) is 2. The number of carboxylic acids is 1. The Kier molecular flexibility index (Phi) is 11.9. The standard InChI is InChI=1S/C31H40N6O7/c1-17(2)13-26(31(43)44)37-30(42)25(14-18-7-9-20(38)10-8-18)36-29(41)24(11-12-27(33)39)35-28(40)22(32)15-19-16-34-23-6-4-3-5-21(19)23/h3-10,16-17,22,24-26,34,38H,11-15,32H2,1-2H3,(H2,33,39)(H,35,40)(H,36,41)(H,37,42)(H,43,44). The lowest BCUT2D eigenvalue weighted by Gasteiger charge is -2.25. The average Bonchev–Trinajstić information content (AvgIpc) is 3.37. The number of phenols is 1. The summed E-state index contributed by atoms with van der Waals surface area (Å²) in [5.41, 5.74) is 13.8. The molecule has 3 aromatic rings. The number of hydrogen-bond acceptors (Lipinski definition) is 7. The van der Waals surface area contributed by atoms with Gasteiger partial charge in [0.15, 0.2) is 0 Å². The van der Waals surface area contributed by atoms with Crippen molar-refractivity contribution in [3.63, 3.8) is 0 Å². The summed E-state index contributed by atoms with van der Waals surface area (Å²) in [7, 11) is 0. The number of aromatic amines is 1. The first-order chi connectivity index (χ1) is 20.8. The molecular weight excluding hydrogens is 568 g/mol. The maximum absolute atomic E-state index is 13.5. The van der Waals surface area contributed by atoms with E-state index in [-0.39, 0.29) is 43.8 Å². The second kappa shape index (κ2) is 15.5. The van der Waals surface area contributed by atoms with E-state index in [2.05, 4.69) is 20.9 Å². The number of amides is 4. The largest absolute Gasteiger partial charge is 0.508 e. The molecule has 0 radical (unpaired) electrons. The van der Waals surface area contributed by atoms with Gasteiger partial charge in [0.05, 0.1) is 6.04 Å². The molecule has 236 valence electrons. The summed E-state index contributed by atoms with van der Waals surface area (Å²) in [4.78, 5) is 66.4. The number of H-pyrrole nitrogens is 1. The topological polar surface area (TPSA) is 230 Å². The first kappa shape index (κ1) is 33.6. The van der Waals surface area contributed by atoms with E-state index in [0.29, 0.717) is 5.56 Å². The number of carbonyl (C=O) groups is 5. The molecule has 1 aromatic heterocycles. The van der Waals surface area contributed by atoms with Gasteiger partial charge >= 0.3 is 5.97 Å². The van der Waals surface area contributed by atoms with Crippen LogP contribution in [-0.4, -0.2) is 69.0 Å². The van der Waals surface area contributed by atoms with Crippen LogP contribution in [0.15, 0.2) is 54.7 Å². The molecule has 44 heavy (non-hydrogen) atoms. The quantitative estimate of drug-likeness (QED) is 0.116. The van der Waals surface area contributed by atoms with E-state index in [4.69, 9.17) is 11.5 Å². The predicted octanol–water partition coefficient (Wildman–Crippen LogP) is 0.837. The smallest absolute Gasteiger partial charge is 0.326 e. The number of nitrogens with one attached hydrogen (secondary N) is 4. The van der Waals surface area contributed by atoms with Crippen molar-refractivity contribution in [2.24, 2.45) is 17.4 Å².